The van der Waals surface area contributed by atoms with Crippen molar-refractivity contribution < 1.29 is 5.11 Å². The first kappa shape index (κ1) is 13.4. The van der Waals surface area contributed by atoms with Gasteiger partial charge >= 0.3 is 0 Å². The van der Waals surface area contributed by atoms with Gasteiger partial charge in [-0.1, -0.05) is 25.1 Å². The normalized spacial score (nSPS) is 25.4. The molecule has 100 valence electrons. The van der Waals surface area contributed by atoms with E-state index in [-0.39, 0.29) is 12.6 Å². The van der Waals surface area contributed by atoms with Crippen LogP contribution in [0.3, 0.4) is 0 Å². The van der Waals surface area contributed by atoms with Crippen LogP contribution in [-0.4, -0.2) is 31.3 Å². The molecule has 1 saturated heterocycles. The van der Waals surface area contributed by atoms with Gasteiger partial charge in [-0.05, 0) is 37.9 Å². The van der Waals surface area contributed by atoms with Crippen molar-refractivity contribution in [3.8, 4) is 0 Å². The van der Waals surface area contributed by atoms with Crippen LogP contribution >= 0.6 is 0 Å². The van der Waals surface area contributed by atoms with Crippen molar-refractivity contribution in [1.29, 1.82) is 0 Å². The minimum Gasteiger partial charge on any atom is -0.394 e. The van der Waals surface area contributed by atoms with E-state index in [4.69, 9.17) is 0 Å². The van der Waals surface area contributed by atoms with Crippen LogP contribution in [0, 0.1) is 5.92 Å². The van der Waals surface area contributed by atoms with Crippen molar-refractivity contribution in [2.45, 2.75) is 32.4 Å². The van der Waals surface area contributed by atoms with Crippen LogP contribution in [0.5, 0.6) is 0 Å². The van der Waals surface area contributed by atoms with Crippen molar-refractivity contribution in [1.82, 2.24) is 5.32 Å². The number of rotatable bonds is 4. The predicted octanol–water partition coefficient (Wildman–Crippen LogP) is 2.17. The van der Waals surface area contributed by atoms with E-state index in [1.54, 1.807) is 0 Å². The van der Waals surface area contributed by atoms with Gasteiger partial charge in [-0.3, -0.25) is 0 Å². The first-order valence-corrected chi connectivity index (χ1v) is 6.82. The highest BCUT2D eigenvalue weighted by atomic mass is 16.3. The quantitative estimate of drug-likeness (QED) is 0.857. The van der Waals surface area contributed by atoms with Crippen LogP contribution in [-0.2, 0) is 0 Å². The summed E-state index contributed by atoms with van der Waals surface area (Å²) in [5, 5.41) is 12.9. The van der Waals surface area contributed by atoms with Crippen LogP contribution < -0.4 is 10.2 Å². The Kier molecular flexibility index (Phi) is 4.25. The fourth-order valence-electron chi connectivity index (χ4n) is 2.86. The largest absolute Gasteiger partial charge is 0.394 e. The molecule has 1 aliphatic rings. The molecule has 1 heterocycles. The van der Waals surface area contributed by atoms with E-state index < -0.39 is 0 Å². The minimum atomic E-state index is 0.240. The summed E-state index contributed by atoms with van der Waals surface area (Å²) in [6.07, 6.45) is 1.16. The van der Waals surface area contributed by atoms with E-state index in [2.05, 4.69) is 48.3 Å². The summed E-state index contributed by atoms with van der Waals surface area (Å²) < 4.78 is 0. The maximum absolute atomic E-state index is 9.60. The van der Waals surface area contributed by atoms with E-state index >= 15 is 0 Å². The summed E-state index contributed by atoms with van der Waals surface area (Å²) in [5.41, 5.74) is 2.58. The van der Waals surface area contributed by atoms with Crippen molar-refractivity contribution in [3.05, 3.63) is 29.8 Å². The minimum absolute atomic E-state index is 0.240. The number of hydrogen-bond acceptors (Lipinski definition) is 3. The SMILES string of the molecule is CNC(C)c1ccccc1N1CCC(C)C1CO. The first-order valence-electron chi connectivity index (χ1n) is 6.82. The number of nitrogens with zero attached hydrogens (tertiary/aromatic N) is 1. The molecule has 0 amide bonds. The van der Waals surface area contributed by atoms with Crippen LogP contribution in [0.4, 0.5) is 5.69 Å². The maximum Gasteiger partial charge on any atom is 0.0637 e. The number of nitrogens with one attached hydrogen (secondary N) is 1. The number of aliphatic hydroxyl groups is 1. The standard InChI is InChI=1S/C15H24N2O/c1-11-8-9-17(15(11)10-18)14-7-5-4-6-13(14)12(2)16-3/h4-7,11-12,15-16,18H,8-10H2,1-3H3. The van der Waals surface area contributed by atoms with Gasteiger partial charge in [0, 0.05) is 18.3 Å². The molecular weight excluding hydrogens is 224 g/mol. The Morgan fingerprint density at radius 2 is 2.17 bits per heavy atom. The molecule has 0 saturated carbocycles. The second-order valence-corrected chi connectivity index (χ2v) is 5.28. The summed E-state index contributed by atoms with van der Waals surface area (Å²) in [7, 11) is 1.98. The third-order valence-corrected chi connectivity index (χ3v) is 4.22. The first-order chi connectivity index (χ1) is 8.69. The molecule has 0 spiro atoms. The number of hydrogen-bond donors (Lipinski definition) is 2. The van der Waals surface area contributed by atoms with Gasteiger partial charge in [0.15, 0.2) is 0 Å². The van der Waals surface area contributed by atoms with Crippen LogP contribution in [0.2, 0.25) is 0 Å². The molecule has 18 heavy (non-hydrogen) atoms. The highest BCUT2D eigenvalue weighted by Crippen LogP contribution is 2.34. The van der Waals surface area contributed by atoms with Crippen LogP contribution in [0.15, 0.2) is 24.3 Å². The second kappa shape index (κ2) is 5.72. The van der Waals surface area contributed by atoms with Crippen LogP contribution in [0.1, 0.15) is 31.9 Å². The topological polar surface area (TPSA) is 35.5 Å². The lowest BCUT2D eigenvalue weighted by atomic mass is 10.0. The van der Waals surface area contributed by atoms with E-state index in [9.17, 15) is 5.11 Å². The van der Waals surface area contributed by atoms with E-state index in [0.717, 1.165) is 13.0 Å². The number of anilines is 1. The van der Waals surface area contributed by atoms with Gasteiger partial charge in [-0.25, -0.2) is 0 Å². The van der Waals surface area contributed by atoms with Gasteiger partial charge in [0.2, 0.25) is 0 Å². The number of para-hydroxylation sites is 1. The lowest BCUT2D eigenvalue weighted by molar-refractivity contribution is 0.244. The summed E-state index contributed by atoms with van der Waals surface area (Å²) in [4.78, 5) is 2.37. The van der Waals surface area contributed by atoms with Crippen molar-refractivity contribution in [2.24, 2.45) is 5.92 Å². The van der Waals surface area contributed by atoms with Crippen molar-refractivity contribution in [3.63, 3.8) is 0 Å². The molecule has 0 aromatic heterocycles. The molecule has 3 atom stereocenters. The average Bonchev–Trinajstić information content (AvgIpc) is 2.78. The molecule has 3 unspecified atom stereocenters. The molecule has 1 aromatic carbocycles. The molecule has 0 radical (unpaired) electrons. The molecule has 3 nitrogen and oxygen atoms in total. The fraction of sp³-hybridized carbons (Fsp3) is 0.600. The Hall–Kier alpha value is -1.06. The monoisotopic (exact) mass is 248 g/mol. The highest BCUT2D eigenvalue weighted by Gasteiger charge is 2.31. The Bertz CT molecular complexity index is 394. The number of aliphatic hydroxyl groups excluding tert-OH is 1. The van der Waals surface area contributed by atoms with Gasteiger partial charge < -0.3 is 15.3 Å². The molecular formula is C15H24N2O. The van der Waals surface area contributed by atoms with E-state index in [1.807, 2.05) is 7.05 Å². The number of benzene rings is 1. The van der Waals surface area contributed by atoms with Crippen molar-refractivity contribution in [2.75, 3.05) is 25.1 Å². The highest BCUT2D eigenvalue weighted by molar-refractivity contribution is 5.56. The summed E-state index contributed by atoms with van der Waals surface area (Å²) >= 11 is 0. The Labute approximate surface area is 110 Å². The summed E-state index contributed by atoms with van der Waals surface area (Å²) in [6.45, 7) is 5.68. The smallest absolute Gasteiger partial charge is 0.0637 e. The molecule has 1 fully saturated rings. The molecule has 1 aliphatic heterocycles. The Balaban J connectivity index is 2.33. The predicted molar refractivity (Wildman–Crippen MR) is 75.9 cm³/mol. The third-order valence-electron chi connectivity index (χ3n) is 4.22. The summed E-state index contributed by atoms with van der Waals surface area (Å²) in [5.74, 6) is 0.563. The zero-order valence-corrected chi connectivity index (χ0v) is 11.6. The zero-order chi connectivity index (χ0) is 13.1. The lowest BCUT2D eigenvalue weighted by Gasteiger charge is -2.30. The van der Waals surface area contributed by atoms with Crippen molar-refractivity contribution >= 4 is 5.69 Å². The molecule has 1 aromatic rings. The molecule has 2 rings (SSSR count). The van der Waals surface area contributed by atoms with Gasteiger partial charge in [0.1, 0.15) is 0 Å². The molecule has 0 aliphatic carbocycles. The van der Waals surface area contributed by atoms with Gasteiger partial charge in [0.05, 0.1) is 12.6 Å². The van der Waals surface area contributed by atoms with Crippen LogP contribution in [0.25, 0.3) is 0 Å². The third kappa shape index (κ3) is 2.38. The van der Waals surface area contributed by atoms with Gasteiger partial charge in [-0.2, -0.15) is 0 Å². The molecule has 0 bridgehead atoms. The fourth-order valence-corrected chi connectivity index (χ4v) is 2.86. The average molecular weight is 248 g/mol. The Morgan fingerprint density at radius 3 is 2.83 bits per heavy atom. The lowest BCUT2D eigenvalue weighted by Crippen LogP contribution is -2.36. The van der Waals surface area contributed by atoms with Gasteiger partial charge in [-0.15, -0.1) is 0 Å². The Morgan fingerprint density at radius 1 is 1.44 bits per heavy atom. The summed E-state index contributed by atoms with van der Waals surface area (Å²) in [6, 6.07) is 9.10. The molecule has 3 heteroatoms. The zero-order valence-electron chi connectivity index (χ0n) is 11.6. The van der Waals surface area contributed by atoms with E-state index in [1.165, 1.54) is 11.3 Å². The molecule has 2 N–H and O–H groups in total. The van der Waals surface area contributed by atoms with E-state index in [0.29, 0.717) is 12.0 Å². The van der Waals surface area contributed by atoms with Gasteiger partial charge in [0.25, 0.3) is 0 Å². The maximum atomic E-state index is 9.60. The second-order valence-electron chi connectivity index (χ2n) is 5.28.